The van der Waals surface area contributed by atoms with E-state index in [1.807, 2.05) is 31.2 Å². The van der Waals surface area contributed by atoms with Crippen LogP contribution in [0, 0.1) is 0 Å². The summed E-state index contributed by atoms with van der Waals surface area (Å²) < 4.78 is 11.2. The fourth-order valence-corrected chi connectivity index (χ4v) is 2.45. The van der Waals surface area contributed by atoms with Gasteiger partial charge >= 0.3 is 0 Å². The molecular weight excluding hydrogens is 286 g/mol. The minimum atomic E-state index is -0.438. The lowest BCUT2D eigenvalue weighted by Gasteiger charge is -2.38. The van der Waals surface area contributed by atoms with Crippen molar-refractivity contribution in [2.75, 3.05) is 11.5 Å². The van der Waals surface area contributed by atoms with Crippen LogP contribution >= 0.6 is 15.9 Å². The summed E-state index contributed by atoms with van der Waals surface area (Å²) in [6.45, 7) is 3.93. The number of hydrogen-bond acceptors (Lipinski definition) is 3. The van der Waals surface area contributed by atoms with E-state index >= 15 is 0 Å². The monoisotopic (exact) mass is 299 g/mol. The Hall–Kier alpha value is -1.07. The van der Waals surface area contributed by atoms with Gasteiger partial charge in [0.1, 0.15) is 5.75 Å². The molecule has 0 spiro atoms. The molecular formula is C12H14BrNO3. The van der Waals surface area contributed by atoms with Crippen LogP contribution in [0.3, 0.4) is 0 Å². The number of para-hydroxylation sites is 2. The number of alkyl halides is 1. The van der Waals surface area contributed by atoms with E-state index in [1.165, 1.54) is 6.92 Å². The van der Waals surface area contributed by atoms with Crippen LogP contribution in [-0.2, 0) is 9.53 Å². The number of anilines is 1. The molecule has 1 aromatic carbocycles. The summed E-state index contributed by atoms with van der Waals surface area (Å²) in [5, 5.41) is -0.360. The fraction of sp³-hybridized carbons (Fsp3) is 0.417. The first-order valence-corrected chi connectivity index (χ1v) is 6.38. The predicted octanol–water partition coefficient (Wildman–Crippen LogP) is 2.52. The average molecular weight is 300 g/mol. The van der Waals surface area contributed by atoms with Crippen molar-refractivity contribution in [2.24, 2.45) is 0 Å². The summed E-state index contributed by atoms with van der Waals surface area (Å²) in [4.78, 5) is 13.4. The number of nitrogens with zero attached hydrogens (tertiary/aromatic N) is 1. The highest BCUT2D eigenvalue weighted by Gasteiger charge is 2.37. The largest absolute Gasteiger partial charge is 0.472 e. The maximum Gasteiger partial charge on any atom is 0.226 e. The Morgan fingerprint density at radius 2 is 2.24 bits per heavy atom. The molecule has 92 valence electrons. The smallest absolute Gasteiger partial charge is 0.226 e. The Bertz CT molecular complexity index is 424. The molecule has 4 nitrogen and oxygen atoms in total. The minimum absolute atomic E-state index is 0.0661. The number of hydrogen-bond donors (Lipinski definition) is 0. The zero-order valence-electron chi connectivity index (χ0n) is 9.72. The average Bonchev–Trinajstić information content (AvgIpc) is 2.29. The van der Waals surface area contributed by atoms with Gasteiger partial charge in [0.05, 0.1) is 5.69 Å². The first kappa shape index (κ1) is 12.4. The van der Waals surface area contributed by atoms with Crippen LogP contribution in [0.5, 0.6) is 5.75 Å². The molecule has 17 heavy (non-hydrogen) atoms. The molecule has 1 aliphatic heterocycles. The van der Waals surface area contributed by atoms with Gasteiger partial charge < -0.3 is 9.47 Å². The lowest BCUT2D eigenvalue weighted by Crippen LogP contribution is -2.51. The van der Waals surface area contributed by atoms with Gasteiger partial charge in [-0.3, -0.25) is 9.69 Å². The van der Waals surface area contributed by atoms with Crippen LogP contribution in [0.2, 0.25) is 0 Å². The van der Waals surface area contributed by atoms with Gasteiger partial charge in [-0.05, 0) is 35.0 Å². The number of halogens is 1. The molecule has 0 radical (unpaired) electrons. The summed E-state index contributed by atoms with van der Waals surface area (Å²) in [5.74, 6) is 0.615. The standard InChI is InChI=1S/C12H14BrNO3/c1-3-16-12-11(13)17-10-7-5-4-6-9(10)14(12)8(2)15/h4-7,11-12H,3H2,1-2H3/t11-,12+/m0/s1. The van der Waals surface area contributed by atoms with E-state index in [1.54, 1.807) is 4.90 Å². The van der Waals surface area contributed by atoms with E-state index in [2.05, 4.69) is 15.9 Å². The van der Waals surface area contributed by atoms with Gasteiger partial charge in [-0.2, -0.15) is 0 Å². The topological polar surface area (TPSA) is 38.8 Å². The van der Waals surface area contributed by atoms with Crippen LogP contribution in [0.25, 0.3) is 0 Å². The number of amides is 1. The van der Waals surface area contributed by atoms with Gasteiger partial charge in [-0.15, -0.1) is 0 Å². The number of carbonyl (C=O) groups excluding carboxylic acids is 1. The van der Waals surface area contributed by atoms with Gasteiger partial charge in [0.15, 0.2) is 11.2 Å². The Kier molecular flexibility index (Phi) is 3.69. The third-order valence-electron chi connectivity index (χ3n) is 2.52. The molecule has 2 rings (SSSR count). The second-order valence-corrected chi connectivity index (χ2v) is 4.57. The summed E-state index contributed by atoms with van der Waals surface area (Å²) in [7, 11) is 0. The molecule has 0 N–H and O–H groups in total. The molecule has 5 heteroatoms. The molecule has 1 heterocycles. The van der Waals surface area contributed by atoms with E-state index in [4.69, 9.17) is 9.47 Å². The number of benzene rings is 1. The third-order valence-corrected chi connectivity index (χ3v) is 3.16. The molecule has 2 atom stereocenters. The van der Waals surface area contributed by atoms with Crippen molar-refractivity contribution < 1.29 is 14.3 Å². The Labute approximate surface area is 109 Å². The molecule has 1 aromatic rings. The maximum absolute atomic E-state index is 11.8. The molecule has 1 amide bonds. The highest BCUT2D eigenvalue weighted by atomic mass is 79.9. The SMILES string of the molecule is CCO[C@@H]1[C@@H](Br)Oc2ccccc2N1C(C)=O. The Balaban J connectivity index is 2.42. The molecule has 0 bridgehead atoms. The highest BCUT2D eigenvalue weighted by Crippen LogP contribution is 2.38. The summed E-state index contributed by atoms with van der Waals surface area (Å²) in [6, 6.07) is 7.43. The van der Waals surface area contributed by atoms with Crippen molar-refractivity contribution in [1.29, 1.82) is 0 Å². The van der Waals surface area contributed by atoms with Crippen LogP contribution in [-0.4, -0.2) is 23.8 Å². The zero-order chi connectivity index (χ0) is 12.4. The Morgan fingerprint density at radius 3 is 2.88 bits per heavy atom. The molecule has 0 aromatic heterocycles. The van der Waals surface area contributed by atoms with Crippen molar-refractivity contribution in [3.05, 3.63) is 24.3 Å². The molecule has 0 saturated heterocycles. The van der Waals surface area contributed by atoms with E-state index in [0.717, 1.165) is 5.69 Å². The van der Waals surface area contributed by atoms with Crippen molar-refractivity contribution in [2.45, 2.75) is 25.1 Å². The van der Waals surface area contributed by atoms with E-state index in [-0.39, 0.29) is 10.9 Å². The van der Waals surface area contributed by atoms with Crippen molar-refractivity contribution in [3.8, 4) is 5.75 Å². The molecule has 0 fully saturated rings. The van der Waals surface area contributed by atoms with Crippen LogP contribution < -0.4 is 9.64 Å². The molecule has 0 saturated carbocycles. The van der Waals surface area contributed by atoms with E-state index in [9.17, 15) is 4.79 Å². The van der Waals surface area contributed by atoms with Gasteiger partial charge in [-0.1, -0.05) is 12.1 Å². The number of fused-ring (bicyclic) bond motifs is 1. The lowest BCUT2D eigenvalue weighted by atomic mass is 10.2. The third kappa shape index (κ3) is 2.30. The summed E-state index contributed by atoms with van der Waals surface area (Å²) >= 11 is 3.39. The van der Waals surface area contributed by atoms with Crippen LogP contribution in [0.1, 0.15) is 13.8 Å². The quantitative estimate of drug-likeness (QED) is 0.788. The number of carbonyl (C=O) groups is 1. The van der Waals surface area contributed by atoms with Crippen LogP contribution in [0.15, 0.2) is 24.3 Å². The fourth-order valence-electron chi connectivity index (χ4n) is 1.86. The minimum Gasteiger partial charge on any atom is -0.472 e. The van der Waals surface area contributed by atoms with Crippen molar-refractivity contribution in [1.82, 2.24) is 0 Å². The van der Waals surface area contributed by atoms with E-state index < -0.39 is 6.23 Å². The predicted molar refractivity (Wildman–Crippen MR) is 68.4 cm³/mol. The van der Waals surface area contributed by atoms with Gasteiger partial charge in [0.25, 0.3) is 0 Å². The van der Waals surface area contributed by atoms with Gasteiger partial charge in [0, 0.05) is 13.5 Å². The lowest BCUT2D eigenvalue weighted by molar-refractivity contribution is -0.120. The normalized spacial score (nSPS) is 22.9. The second kappa shape index (κ2) is 5.06. The van der Waals surface area contributed by atoms with E-state index in [0.29, 0.717) is 12.4 Å². The second-order valence-electron chi connectivity index (χ2n) is 3.67. The maximum atomic E-state index is 11.8. The molecule has 0 aliphatic carbocycles. The first-order valence-electron chi connectivity index (χ1n) is 5.46. The number of rotatable bonds is 2. The summed E-state index contributed by atoms with van der Waals surface area (Å²) in [5.41, 5.74) is 0.745. The first-order chi connectivity index (χ1) is 8.15. The highest BCUT2D eigenvalue weighted by molar-refractivity contribution is 9.09. The van der Waals surface area contributed by atoms with Gasteiger partial charge in [0.2, 0.25) is 5.91 Å². The van der Waals surface area contributed by atoms with Crippen molar-refractivity contribution >= 4 is 27.5 Å². The Morgan fingerprint density at radius 1 is 1.53 bits per heavy atom. The zero-order valence-corrected chi connectivity index (χ0v) is 11.3. The number of ether oxygens (including phenoxy) is 2. The summed E-state index contributed by atoms with van der Waals surface area (Å²) in [6.07, 6.45) is -0.438. The van der Waals surface area contributed by atoms with Crippen LogP contribution in [0.4, 0.5) is 5.69 Å². The molecule has 0 unspecified atom stereocenters. The van der Waals surface area contributed by atoms with Crippen molar-refractivity contribution in [3.63, 3.8) is 0 Å². The molecule has 1 aliphatic rings. The van der Waals surface area contributed by atoms with Gasteiger partial charge in [-0.25, -0.2) is 0 Å².